The highest BCUT2D eigenvalue weighted by Crippen LogP contribution is 2.00. The van der Waals surface area contributed by atoms with Crippen LogP contribution in [-0.2, 0) is 11.2 Å². The zero-order valence-corrected chi connectivity index (χ0v) is 8.55. The topological polar surface area (TPSA) is 83.6 Å². The Kier molecular flexibility index (Phi) is 3.22. The SMILES string of the molecule is O=C(CCc1cnc[nH]1)Nc1ncccn1. The molecular formula is C10H11N5O. The number of amides is 1. The molecule has 0 aliphatic rings. The number of hydrogen-bond acceptors (Lipinski definition) is 4. The number of nitrogens with zero attached hydrogens (tertiary/aromatic N) is 3. The van der Waals surface area contributed by atoms with Gasteiger partial charge in [0.05, 0.1) is 6.33 Å². The predicted octanol–water partition coefficient (Wildman–Crippen LogP) is 0.771. The van der Waals surface area contributed by atoms with Crippen molar-refractivity contribution in [3.8, 4) is 0 Å². The van der Waals surface area contributed by atoms with Gasteiger partial charge in [0.2, 0.25) is 11.9 Å². The van der Waals surface area contributed by atoms with E-state index in [4.69, 9.17) is 0 Å². The van der Waals surface area contributed by atoms with Crippen molar-refractivity contribution in [3.05, 3.63) is 36.7 Å². The molecule has 0 unspecified atom stereocenters. The molecule has 2 rings (SSSR count). The van der Waals surface area contributed by atoms with Crippen LogP contribution >= 0.6 is 0 Å². The number of nitrogens with one attached hydrogen (secondary N) is 2. The Bertz CT molecular complexity index is 439. The summed E-state index contributed by atoms with van der Waals surface area (Å²) in [6, 6.07) is 1.69. The number of rotatable bonds is 4. The third-order valence-electron chi connectivity index (χ3n) is 1.99. The fourth-order valence-electron chi connectivity index (χ4n) is 1.22. The summed E-state index contributed by atoms with van der Waals surface area (Å²) in [7, 11) is 0. The maximum absolute atomic E-state index is 11.5. The fraction of sp³-hybridized carbons (Fsp3) is 0.200. The molecule has 0 saturated heterocycles. The summed E-state index contributed by atoms with van der Waals surface area (Å²) in [6.45, 7) is 0. The van der Waals surface area contributed by atoms with Gasteiger partial charge in [0.1, 0.15) is 0 Å². The lowest BCUT2D eigenvalue weighted by Gasteiger charge is -2.01. The van der Waals surface area contributed by atoms with E-state index in [0.29, 0.717) is 18.8 Å². The second kappa shape index (κ2) is 5.01. The van der Waals surface area contributed by atoms with Crippen molar-refractivity contribution >= 4 is 11.9 Å². The number of imidazole rings is 1. The first-order valence-electron chi connectivity index (χ1n) is 4.89. The molecule has 2 aromatic heterocycles. The zero-order valence-electron chi connectivity index (χ0n) is 8.55. The minimum atomic E-state index is -0.110. The molecule has 0 aromatic carbocycles. The van der Waals surface area contributed by atoms with Crippen LogP contribution in [0.4, 0.5) is 5.95 Å². The molecule has 2 N–H and O–H groups in total. The van der Waals surface area contributed by atoms with Crippen LogP contribution in [0.3, 0.4) is 0 Å². The molecule has 82 valence electrons. The number of anilines is 1. The van der Waals surface area contributed by atoms with E-state index in [-0.39, 0.29) is 5.91 Å². The first kappa shape index (κ1) is 10.3. The number of aromatic nitrogens is 4. The smallest absolute Gasteiger partial charge is 0.229 e. The number of carbonyl (C=O) groups is 1. The first-order valence-corrected chi connectivity index (χ1v) is 4.89. The highest BCUT2D eigenvalue weighted by atomic mass is 16.1. The molecule has 2 heterocycles. The lowest BCUT2D eigenvalue weighted by Crippen LogP contribution is -2.14. The summed E-state index contributed by atoms with van der Waals surface area (Å²) in [5.74, 6) is 0.220. The minimum Gasteiger partial charge on any atom is -0.348 e. The summed E-state index contributed by atoms with van der Waals surface area (Å²) in [4.78, 5) is 26.1. The van der Waals surface area contributed by atoms with Crippen molar-refractivity contribution < 1.29 is 4.79 Å². The largest absolute Gasteiger partial charge is 0.348 e. The monoisotopic (exact) mass is 217 g/mol. The van der Waals surface area contributed by atoms with Crippen LogP contribution in [0.1, 0.15) is 12.1 Å². The number of aryl methyl sites for hydroxylation is 1. The van der Waals surface area contributed by atoms with Crippen LogP contribution in [0.2, 0.25) is 0 Å². The lowest BCUT2D eigenvalue weighted by atomic mass is 10.2. The van der Waals surface area contributed by atoms with E-state index in [0.717, 1.165) is 5.69 Å². The van der Waals surface area contributed by atoms with Crippen molar-refractivity contribution in [1.29, 1.82) is 0 Å². The summed E-state index contributed by atoms with van der Waals surface area (Å²) >= 11 is 0. The summed E-state index contributed by atoms with van der Waals surface area (Å²) in [5, 5.41) is 2.61. The lowest BCUT2D eigenvalue weighted by molar-refractivity contribution is -0.116. The number of H-pyrrole nitrogens is 1. The van der Waals surface area contributed by atoms with Gasteiger partial charge in [-0.05, 0) is 12.5 Å². The van der Waals surface area contributed by atoms with Crippen LogP contribution in [0.15, 0.2) is 31.0 Å². The van der Waals surface area contributed by atoms with E-state index in [2.05, 4.69) is 25.3 Å². The zero-order chi connectivity index (χ0) is 11.2. The molecule has 0 aliphatic heterocycles. The molecule has 0 radical (unpaired) electrons. The molecule has 16 heavy (non-hydrogen) atoms. The van der Waals surface area contributed by atoms with Gasteiger partial charge in [-0.15, -0.1) is 0 Å². The van der Waals surface area contributed by atoms with Crippen LogP contribution in [0.25, 0.3) is 0 Å². The van der Waals surface area contributed by atoms with E-state index < -0.39 is 0 Å². The van der Waals surface area contributed by atoms with E-state index in [1.165, 1.54) is 0 Å². The van der Waals surface area contributed by atoms with Crippen LogP contribution in [0.5, 0.6) is 0 Å². The van der Waals surface area contributed by atoms with Crippen molar-refractivity contribution in [2.45, 2.75) is 12.8 Å². The van der Waals surface area contributed by atoms with Gasteiger partial charge < -0.3 is 4.98 Å². The van der Waals surface area contributed by atoms with E-state index >= 15 is 0 Å². The van der Waals surface area contributed by atoms with E-state index in [9.17, 15) is 4.79 Å². The normalized spacial score (nSPS) is 10.0. The van der Waals surface area contributed by atoms with Gasteiger partial charge in [-0.1, -0.05) is 0 Å². The van der Waals surface area contributed by atoms with Gasteiger partial charge in [0.15, 0.2) is 0 Å². The highest BCUT2D eigenvalue weighted by molar-refractivity contribution is 5.88. The van der Waals surface area contributed by atoms with Gasteiger partial charge in [0.25, 0.3) is 0 Å². The van der Waals surface area contributed by atoms with Gasteiger partial charge in [-0.2, -0.15) is 0 Å². The first-order chi connectivity index (χ1) is 7.84. The van der Waals surface area contributed by atoms with E-state index in [1.807, 2.05) is 0 Å². The average molecular weight is 217 g/mol. The number of carbonyl (C=O) groups excluding carboxylic acids is 1. The molecule has 6 heteroatoms. The Morgan fingerprint density at radius 2 is 2.19 bits per heavy atom. The average Bonchev–Trinajstić information content (AvgIpc) is 2.81. The van der Waals surface area contributed by atoms with E-state index in [1.54, 1.807) is 31.0 Å². The Hall–Kier alpha value is -2.24. The molecule has 1 amide bonds. The van der Waals surface area contributed by atoms with Gasteiger partial charge in [-0.3, -0.25) is 10.1 Å². The molecular weight excluding hydrogens is 206 g/mol. The van der Waals surface area contributed by atoms with Crippen molar-refractivity contribution in [2.24, 2.45) is 0 Å². The van der Waals surface area contributed by atoms with Crippen LogP contribution < -0.4 is 5.32 Å². The second-order valence-corrected chi connectivity index (χ2v) is 3.20. The molecule has 0 atom stereocenters. The minimum absolute atomic E-state index is 0.110. The standard InChI is InChI=1S/C10H11N5O/c16-9(3-2-8-6-11-7-14-8)15-10-12-4-1-5-13-10/h1,4-7H,2-3H2,(H,11,14)(H,12,13,15,16). The molecule has 0 aliphatic carbocycles. The maximum atomic E-state index is 11.5. The molecule has 0 saturated carbocycles. The van der Waals surface area contributed by atoms with Gasteiger partial charge >= 0.3 is 0 Å². The third kappa shape index (κ3) is 2.88. The van der Waals surface area contributed by atoms with Gasteiger partial charge in [0, 0.05) is 30.7 Å². The Balaban J connectivity index is 1.81. The fourth-order valence-corrected chi connectivity index (χ4v) is 1.22. The Labute approximate surface area is 92.2 Å². The second-order valence-electron chi connectivity index (χ2n) is 3.20. The molecule has 6 nitrogen and oxygen atoms in total. The van der Waals surface area contributed by atoms with Crippen LogP contribution in [0, 0.1) is 0 Å². The summed E-state index contributed by atoms with van der Waals surface area (Å²) in [6.07, 6.45) is 7.45. The van der Waals surface area contributed by atoms with Crippen molar-refractivity contribution in [1.82, 2.24) is 19.9 Å². The quantitative estimate of drug-likeness (QED) is 0.792. The molecule has 0 spiro atoms. The number of aromatic amines is 1. The highest BCUT2D eigenvalue weighted by Gasteiger charge is 2.04. The third-order valence-corrected chi connectivity index (χ3v) is 1.99. The predicted molar refractivity (Wildman–Crippen MR) is 57.6 cm³/mol. The Morgan fingerprint density at radius 1 is 1.38 bits per heavy atom. The summed E-state index contributed by atoms with van der Waals surface area (Å²) in [5.41, 5.74) is 0.934. The van der Waals surface area contributed by atoms with Gasteiger partial charge in [-0.25, -0.2) is 15.0 Å². The summed E-state index contributed by atoms with van der Waals surface area (Å²) < 4.78 is 0. The maximum Gasteiger partial charge on any atom is 0.229 e. The Morgan fingerprint density at radius 3 is 2.88 bits per heavy atom. The molecule has 0 bridgehead atoms. The van der Waals surface area contributed by atoms with Crippen molar-refractivity contribution in [3.63, 3.8) is 0 Å². The van der Waals surface area contributed by atoms with Crippen LogP contribution in [-0.4, -0.2) is 25.8 Å². The van der Waals surface area contributed by atoms with Crippen molar-refractivity contribution in [2.75, 3.05) is 5.32 Å². The number of hydrogen-bond donors (Lipinski definition) is 2. The molecule has 2 aromatic rings. The molecule has 0 fully saturated rings.